The summed E-state index contributed by atoms with van der Waals surface area (Å²) in [4.78, 5) is 15.7. The van der Waals surface area contributed by atoms with E-state index < -0.39 is 5.97 Å². The highest BCUT2D eigenvalue weighted by Crippen LogP contribution is 2.29. The highest BCUT2D eigenvalue weighted by atomic mass is 16.5. The molecule has 1 heterocycles. The maximum absolute atomic E-state index is 11.5. The molecule has 5 nitrogen and oxygen atoms in total. The standard InChI is InChI=1S/C13H19N3O2/c1-8-3-4-9(7-8)16-12-11(14)10(5-6-15-12)13(17)18-2/h5-6,8-9H,3-4,7,14H2,1-2H3,(H,15,16). The molecule has 0 amide bonds. The molecule has 0 aromatic carbocycles. The second-order valence-electron chi connectivity index (χ2n) is 4.87. The van der Waals surface area contributed by atoms with Crippen molar-refractivity contribution in [1.29, 1.82) is 0 Å². The number of nitrogens with two attached hydrogens (primary N) is 1. The highest BCUT2D eigenvalue weighted by Gasteiger charge is 2.23. The molecule has 5 heteroatoms. The number of carbonyl (C=O) groups is 1. The van der Waals surface area contributed by atoms with Crippen LogP contribution >= 0.6 is 0 Å². The van der Waals surface area contributed by atoms with Gasteiger partial charge in [-0.2, -0.15) is 0 Å². The van der Waals surface area contributed by atoms with E-state index in [1.807, 2.05) is 0 Å². The zero-order chi connectivity index (χ0) is 13.1. The van der Waals surface area contributed by atoms with Crippen LogP contribution in [0.2, 0.25) is 0 Å². The van der Waals surface area contributed by atoms with E-state index in [2.05, 4.69) is 22.0 Å². The van der Waals surface area contributed by atoms with Crippen molar-refractivity contribution >= 4 is 17.5 Å². The average Bonchev–Trinajstić information content (AvgIpc) is 2.76. The number of nitrogen functional groups attached to an aromatic ring is 1. The normalized spacial score (nSPS) is 22.8. The van der Waals surface area contributed by atoms with Gasteiger partial charge in [-0.15, -0.1) is 0 Å². The molecule has 1 aromatic rings. The van der Waals surface area contributed by atoms with Gasteiger partial charge in [0.25, 0.3) is 0 Å². The van der Waals surface area contributed by atoms with Gasteiger partial charge in [-0.25, -0.2) is 9.78 Å². The van der Waals surface area contributed by atoms with Crippen molar-refractivity contribution in [3.05, 3.63) is 17.8 Å². The molecule has 1 aliphatic carbocycles. The van der Waals surface area contributed by atoms with Gasteiger partial charge in [0.15, 0.2) is 0 Å². The molecule has 1 fully saturated rings. The van der Waals surface area contributed by atoms with Gasteiger partial charge < -0.3 is 15.8 Å². The number of rotatable bonds is 3. The summed E-state index contributed by atoms with van der Waals surface area (Å²) in [7, 11) is 1.34. The van der Waals surface area contributed by atoms with Crippen molar-refractivity contribution < 1.29 is 9.53 Å². The fourth-order valence-corrected chi connectivity index (χ4v) is 2.41. The Morgan fingerprint density at radius 2 is 2.33 bits per heavy atom. The molecule has 2 atom stereocenters. The summed E-state index contributed by atoms with van der Waals surface area (Å²) in [6, 6.07) is 1.96. The first-order valence-corrected chi connectivity index (χ1v) is 6.21. The van der Waals surface area contributed by atoms with E-state index in [0.29, 0.717) is 23.1 Å². The Bertz CT molecular complexity index is 448. The van der Waals surface area contributed by atoms with Gasteiger partial charge in [-0.1, -0.05) is 6.92 Å². The van der Waals surface area contributed by atoms with Gasteiger partial charge in [0.2, 0.25) is 0 Å². The smallest absolute Gasteiger partial charge is 0.340 e. The molecule has 18 heavy (non-hydrogen) atoms. The van der Waals surface area contributed by atoms with Crippen LogP contribution in [0.3, 0.4) is 0 Å². The molecule has 1 saturated carbocycles. The van der Waals surface area contributed by atoms with Crippen molar-refractivity contribution in [2.24, 2.45) is 5.92 Å². The summed E-state index contributed by atoms with van der Waals surface area (Å²) in [5.41, 5.74) is 6.67. The summed E-state index contributed by atoms with van der Waals surface area (Å²) in [6.45, 7) is 2.24. The maximum atomic E-state index is 11.5. The van der Waals surface area contributed by atoms with Crippen LogP contribution < -0.4 is 11.1 Å². The predicted molar refractivity (Wildman–Crippen MR) is 70.4 cm³/mol. The molecule has 1 aromatic heterocycles. The number of nitrogens with one attached hydrogen (secondary N) is 1. The van der Waals surface area contributed by atoms with Gasteiger partial charge in [-0.05, 0) is 31.2 Å². The highest BCUT2D eigenvalue weighted by molar-refractivity contribution is 5.97. The number of hydrogen-bond acceptors (Lipinski definition) is 5. The first-order chi connectivity index (χ1) is 8.61. The molecule has 0 spiro atoms. The van der Waals surface area contributed by atoms with E-state index >= 15 is 0 Å². The summed E-state index contributed by atoms with van der Waals surface area (Å²) in [6.07, 6.45) is 5.02. The Labute approximate surface area is 107 Å². The zero-order valence-electron chi connectivity index (χ0n) is 10.8. The van der Waals surface area contributed by atoms with Crippen LogP contribution in [0, 0.1) is 5.92 Å². The molecular weight excluding hydrogens is 230 g/mol. The van der Waals surface area contributed by atoms with E-state index in [1.165, 1.54) is 13.5 Å². The van der Waals surface area contributed by atoms with Crippen LogP contribution in [0.1, 0.15) is 36.5 Å². The van der Waals surface area contributed by atoms with Crippen molar-refractivity contribution in [3.8, 4) is 0 Å². The quantitative estimate of drug-likeness (QED) is 0.802. The second-order valence-corrected chi connectivity index (χ2v) is 4.87. The largest absolute Gasteiger partial charge is 0.465 e. The number of nitrogens with zero attached hydrogens (tertiary/aromatic N) is 1. The Balaban J connectivity index is 2.16. The van der Waals surface area contributed by atoms with Crippen LogP contribution in [-0.4, -0.2) is 24.1 Å². The van der Waals surface area contributed by atoms with Gasteiger partial charge in [0, 0.05) is 12.2 Å². The van der Waals surface area contributed by atoms with Crippen LogP contribution in [0.15, 0.2) is 12.3 Å². The molecule has 0 saturated heterocycles. The lowest BCUT2D eigenvalue weighted by Gasteiger charge is -2.15. The zero-order valence-corrected chi connectivity index (χ0v) is 10.8. The van der Waals surface area contributed by atoms with E-state index in [1.54, 1.807) is 12.3 Å². The Hall–Kier alpha value is -1.78. The van der Waals surface area contributed by atoms with Crippen molar-refractivity contribution in [1.82, 2.24) is 4.98 Å². The van der Waals surface area contributed by atoms with Crippen molar-refractivity contribution in [2.75, 3.05) is 18.2 Å². The maximum Gasteiger partial charge on any atom is 0.340 e. The third-order valence-corrected chi connectivity index (χ3v) is 3.43. The van der Waals surface area contributed by atoms with Crippen molar-refractivity contribution in [2.45, 2.75) is 32.2 Å². The number of pyridine rings is 1. The molecular formula is C13H19N3O2. The van der Waals surface area contributed by atoms with E-state index in [0.717, 1.165) is 18.8 Å². The summed E-state index contributed by atoms with van der Waals surface area (Å²) >= 11 is 0. The molecule has 0 bridgehead atoms. The number of aromatic nitrogens is 1. The van der Waals surface area contributed by atoms with Gasteiger partial charge in [-0.3, -0.25) is 0 Å². The summed E-state index contributed by atoms with van der Waals surface area (Å²) < 4.78 is 4.68. The monoisotopic (exact) mass is 249 g/mol. The van der Waals surface area contributed by atoms with Crippen molar-refractivity contribution in [3.63, 3.8) is 0 Å². The lowest BCUT2D eigenvalue weighted by atomic mass is 10.1. The second kappa shape index (κ2) is 5.25. The number of esters is 1. The fraction of sp³-hybridized carbons (Fsp3) is 0.538. The molecule has 98 valence electrons. The number of hydrogen-bond donors (Lipinski definition) is 2. The summed E-state index contributed by atoms with van der Waals surface area (Å²) in [5, 5.41) is 3.32. The van der Waals surface area contributed by atoms with Crippen LogP contribution in [0.5, 0.6) is 0 Å². The molecule has 2 unspecified atom stereocenters. The topological polar surface area (TPSA) is 77.2 Å². The number of ether oxygens (including phenoxy) is 1. The average molecular weight is 249 g/mol. The molecule has 0 radical (unpaired) electrons. The molecule has 3 N–H and O–H groups in total. The van der Waals surface area contributed by atoms with Crippen LogP contribution in [-0.2, 0) is 4.74 Å². The van der Waals surface area contributed by atoms with Gasteiger partial charge in [0.05, 0.1) is 18.4 Å². The minimum atomic E-state index is -0.433. The lowest BCUT2D eigenvalue weighted by molar-refractivity contribution is 0.0602. The first kappa shape index (κ1) is 12.7. The van der Waals surface area contributed by atoms with Crippen LogP contribution in [0.4, 0.5) is 11.5 Å². The molecule has 1 aliphatic rings. The van der Waals surface area contributed by atoms with E-state index in [9.17, 15) is 4.79 Å². The molecule has 0 aliphatic heterocycles. The SMILES string of the molecule is COC(=O)c1ccnc(NC2CCC(C)C2)c1N. The number of carbonyl (C=O) groups excluding carboxylic acids is 1. The third-order valence-electron chi connectivity index (χ3n) is 3.43. The van der Waals surface area contributed by atoms with E-state index in [4.69, 9.17) is 5.73 Å². The number of methoxy groups -OCH3 is 1. The predicted octanol–water partition coefficient (Wildman–Crippen LogP) is 2.05. The number of anilines is 2. The first-order valence-electron chi connectivity index (χ1n) is 6.21. The Kier molecular flexibility index (Phi) is 3.69. The Morgan fingerprint density at radius 3 is 2.94 bits per heavy atom. The minimum Gasteiger partial charge on any atom is -0.465 e. The van der Waals surface area contributed by atoms with Crippen LogP contribution in [0.25, 0.3) is 0 Å². The molecule has 2 rings (SSSR count). The lowest BCUT2D eigenvalue weighted by Crippen LogP contribution is -2.18. The van der Waals surface area contributed by atoms with Gasteiger partial charge >= 0.3 is 5.97 Å². The van der Waals surface area contributed by atoms with Gasteiger partial charge in [0.1, 0.15) is 5.82 Å². The Morgan fingerprint density at radius 1 is 1.56 bits per heavy atom. The van der Waals surface area contributed by atoms with E-state index in [-0.39, 0.29) is 0 Å². The fourth-order valence-electron chi connectivity index (χ4n) is 2.41. The summed E-state index contributed by atoms with van der Waals surface area (Å²) in [5.74, 6) is 0.877. The minimum absolute atomic E-state index is 0.362. The third kappa shape index (κ3) is 2.55.